The van der Waals surface area contributed by atoms with E-state index in [1.54, 1.807) is 0 Å². The van der Waals surface area contributed by atoms with Crippen LogP contribution < -0.4 is 24.0 Å². The topological polar surface area (TPSA) is 9.23 Å². The van der Waals surface area contributed by atoms with Crippen molar-refractivity contribution in [3.05, 3.63) is 11.6 Å². The minimum atomic E-state index is 0. The van der Waals surface area contributed by atoms with E-state index in [4.69, 9.17) is 4.74 Å². The molecular formula is C17H36INO. The lowest BCUT2D eigenvalue weighted by molar-refractivity contribution is -0.906. The molecule has 0 aliphatic heterocycles. The van der Waals surface area contributed by atoms with Crippen molar-refractivity contribution in [2.75, 3.05) is 39.9 Å². The fourth-order valence-corrected chi connectivity index (χ4v) is 2.01. The molecule has 0 aliphatic rings. The van der Waals surface area contributed by atoms with Gasteiger partial charge in [-0.25, -0.2) is 0 Å². The van der Waals surface area contributed by atoms with Crippen molar-refractivity contribution in [2.45, 2.75) is 53.9 Å². The molecule has 1 atom stereocenters. The molecule has 0 aliphatic carbocycles. The van der Waals surface area contributed by atoms with Crippen LogP contribution in [-0.4, -0.2) is 44.4 Å². The maximum atomic E-state index is 5.80. The summed E-state index contributed by atoms with van der Waals surface area (Å²) >= 11 is 0. The fraction of sp³-hybridized carbons (Fsp3) is 0.882. The highest BCUT2D eigenvalue weighted by atomic mass is 127. The molecule has 0 rings (SSSR count). The van der Waals surface area contributed by atoms with Gasteiger partial charge in [0, 0.05) is 6.61 Å². The van der Waals surface area contributed by atoms with Crippen molar-refractivity contribution in [2.24, 2.45) is 5.92 Å². The van der Waals surface area contributed by atoms with Crippen LogP contribution >= 0.6 is 0 Å². The molecule has 0 saturated heterocycles. The van der Waals surface area contributed by atoms with E-state index in [-0.39, 0.29) is 24.0 Å². The van der Waals surface area contributed by atoms with Crippen LogP contribution in [0.2, 0.25) is 0 Å². The van der Waals surface area contributed by atoms with Gasteiger partial charge in [-0.2, -0.15) is 0 Å². The summed E-state index contributed by atoms with van der Waals surface area (Å²) in [6, 6.07) is 0. The molecule has 0 N–H and O–H groups in total. The van der Waals surface area contributed by atoms with Crippen molar-refractivity contribution < 1.29 is 33.2 Å². The molecule has 2 nitrogen and oxygen atoms in total. The Balaban J connectivity index is 0. The Kier molecular flexibility index (Phi) is 14.8. The van der Waals surface area contributed by atoms with Crippen LogP contribution in [-0.2, 0) is 4.74 Å². The average molecular weight is 397 g/mol. The lowest BCUT2D eigenvalue weighted by Crippen LogP contribution is -3.00. The number of ether oxygens (including phenoxy) is 1. The van der Waals surface area contributed by atoms with Gasteiger partial charge in [-0.05, 0) is 52.9 Å². The third kappa shape index (κ3) is 12.2. The number of allylic oxidation sites excluding steroid dienone is 2. The molecule has 3 heteroatoms. The normalized spacial score (nSPS) is 12.7. The second-order valence-corrected chi connectivity index (χ2v) is 6.34. The fourth-order valence-electron chi connectivity index (χ4n) is 2.01. The summed E-state index contributed by atoms with van der Waals surface area (Å²) < 4.78 is 6.92. The molecule has 0 aromatic carbocycles. The average Bonchev–Trinajstić information content (AvgIpc) is 2.37. The maximum absolute atomic E-state index is 5.80. The number of likely N-dealkylation sites (N-methyl/N-ethyl adjacent to an activating group) is 1. The second kappa shape index (κ2) is 13.1. The van der Waals surface area contributed by atoms with Crippen molar-refractivity contribution in [1.29, 1.82) is 0 Å². The molecule has 0 fully saturated rings. The van der Waals surface area contributed by atoms with E-state index >= 15 is 0 Å². The molecule has 0 heterocycles. The van der Waals surface area contributed by atoms with E-state index < -0.39 is 0 Å². The number of rotatable bonds is 11. The monoisotopic (exact) mass is 397 g/mol. The zero-order valence-electron chi connectivity index (χ0n) is 14.5. The van der Waals surface area contributed by atoms with Gasteiger partial charge in [-0.3, -0.25) is 0 Å². The standard InChI is InChI=1S/C17H36NO.HI/c1-7-18(6,8-2)13-15-19-14-12-17(5)11-9-10-16(3)4;/h10,17H,7-9,11-15H2,1-6H3;1H/q+1;/p-1. The number of nitrogens with zero attached hydrogens (tertiary/aromatic N) is 1. The van der Waals surface area contributed by atoms with E-state index in [9.17, 15) is 0 Å². The Morgan fingerprint density at radius 1 is 1.10 bits per heavy atom. The van der Waals surface area contributed by atoms with Gasteiger partial charge < -0.3 is 33.2 Å². The van der Waals surface area contributed by atoms with Crippen molar-refractivity contribution in [3.63, 3.8) is 0 Å². The molecule has 0 saturated carbocycles. The van der Waals surface area contributed by atoms with Gasteiger partial charge in [-0.1, -0.05) is 18.6 Å². The van der Waals surface area contributed by atoms with Crippen LogP contribution in [0.25, 0.3) is 0 Å². The van der Waals surface area contributed by atoms with Crippen LogP contribution in [0.5, 0.6) is 0 Å². The molecule has 1 unspecified atom stereocenters. The van der Waals surface area contributed by atoms with Gasteiger partial charge in [-0.15, -0.1) is 0 Å². The zero-order valence-corrected chi connectivity index (χ0v) is 16.7. The first-order valence-electron chi connectivity index (χ1n) is 7.98. The summed E-state index contributed by atoms with van der Waals surface area (Å²) in [6.07, 6.45) is 6.03. The largest absolute Gasteiger partial charge is 1.00 e. The van der Waals surface area contributed by atoms with E-state index in [0.29, 0.717) is 0 Å². The third-order valence-corrected chi connectivity index (χ3v) is 4.27. The first kappa shape index (κ1) is 22.7. The van der Waals surface area contributed by atoms with E-state index in [1.165, 1.54) is 37.9 Å². The van der Waals surface area contributed by atoms with Crippen LogP contribution in [0.3, 0.4) is 0 Å². The van der Waals surface area contributed by atoms with Crippen molar-refractivity contribution >= 4 is 0 Å². The highest BCUT2D eigenvalue weighted by molar-refractivity contribution is 4.92. The molecule has 0 amide bonds. The molecule has 0 spiro atoms. The van der Waals surface area contributed by atoms with Gasteiger partial charge in [0.1, 0.15) is 6.54 Å². The maximum Gasteiger partial charge on any atom is 0.102 e. The number of quaternary nitrogens is 1. The number of hydrogen-bond donors (Lipinski definition) is 0. The predicted octanol–water partition coefficient (Wildman–Crippen LogP) is 1.27. The minimum absolute atomic E-state index is 0. The molecule has 0 radical (unpaired) electrons. The van der Waals surface area contributed by atoms with Gasteiger partial charge in [0.15, 0.2) is 0 Å². The van der Waals surface area contributed by atoms with Crippen LogP contribution in [0, 0.1) is 5.92 Å². The summed E-state index contributed by atoms with van der Waals surface area (Å²) in [5, 5.41) is 0. The Bertz CT molecular complexity index is 245. The van der Waals surface area contributed by atoms with Crippen molar-refractivity contribution in [1.82, 2.24) is 0 Å². The lowest BCUT2D eigenvalue weighted by Gasteiger charge is -2.31. The predicted molar refractivity (Wildman–Crippen MR) is 85.4 cm³/mol. The summed E-state index contributed by atoms with van der Waals surface area (Å²) in [5.74, 6) is 0.772. The zero-order chi connectivity index (χ0) is 14.7. The number of hydrogen-bond acceptors (Lipinski definition) is 1. The summed E-state index contributed by atoms with van der Waals surface area (Å²) in [5.41, 5.74) is 1.43. The van der Waals surface area contributed by atoms with E-state index in [0.717, 1.165) is 30.2 Å². The summed E-state index contributed by atoms with van der Waals surface area (Å²) in [6.45, 7) is 16.5. The second-order valence-electron chi connectivity index (χ2n) is 6.34. The molecule has 20 heavy (non-hydrogen) atoms. The van der Waals surface area contributed by atoms with Crippen LogP contribution in [0.1, 0.15) is 53.9 Å². The molecular weight excluding hydrogens is 361 g/mol. The smallest absolute Gasteiger partial charge is 0.102 e. The number of halogens is 1. The minimum Gasteiger partial charge on any atom is -1.00 e. The summed E-state index contributed by atoms with van der Waals surface area (Å²) in [4.78, 5) is 0. The molecule has 0 bridgehead atoms. The quantitative estimate of drug-likeness (QED) is 0.221. The van der Waals surface area contributed by atoms with Gasteiger partial charge in [0.05, 0.1) is 26.7 Å². The van der Waals surface area contributed by atoms with Gasteiger partial charge in [0.2, 0.25) is 0 Å². The molecule has 122 valence electrons. The van der Waals surface area contributed by atoms with E-state index in [1.807, 2.05) is 0 Å². The Morgan fingerprint density at radius 3 is 2.20 bits per heavy atom. The molecule has 0 aromatic heterocycles. The van der Waals surface area contributed by atoms with Crippen LogP contribution in [0.15, 0.2) is 11.6 Å². The third-order valence-electron chi connectivity index (χ3n) is 4.27. The Hall–Kier alpha value is 0.390. The highest BCUT2D eigenvalue weighted by Gasteiger charge is 2.15. The summed E-state index contributed by atoms with van der Waals surface area (Å²) in [7, 11) is 2.31. The SMILES string of the molecule is CC[N+](C)(CC)CCOCCC(C)CCC=C(C)C.[I-]. The van der Waals surface area contributed by atoms with E-state index in [2.05, 4.69) is 47.7 Å². The first-order valence-corrected chi connectivity index (χ1v) is 7.98. The van der Waals surface area contributed by atoms with Gasteiger partial charge >= 0.3 is 0 Å². The Labute approximate surface area is 144 Å². The van der Waals surface area contributed by atoms with Crippen molar-refractivity contribution in [3.8, 4) is 0 Å². The van der Waals surface area contributed by atoms with Crippen LogP contribution in [0.4, 0.5) is 0 Å². The first-order chi connectivity index (χ1) is 8.93. The lowest BCUT2D eigenvalue weighted by atomic mass is 10.0. The molecule has 0 aromatic rings. The van der Waals surface area contributed by atoms with Gasteiger partial charge in [0.25, 0.3) is 0 Å². The highest BCUT2D eigenvalue weighted by Crippen LogP contribution is 2.12. The Morgan fingerprint density at radius 2 is 1.70 bits per heavy atom.